The lowest BCUT2D eigenvalue weighted by atomic mass is 10.1. The number of nitrogens with one attached hydrogen (secondary N) is 1. The van der Waals surface area contributed by atoms with Crippen molar-refractivity contribution in [2.45, 2.75) is 19.6 Å². The van der Waals surface area contributed by atoms with Crippen LogP contribution < -0.4 is 15.6 Å². The Morgan fingerprint density at radius 2 is 1.78 bits per heavy atom. The van der Waals surface area contributed by atoms with E-state index in [2.05, 4.69) is 20.4 Å². The molecule has 0 saturated heterocycles. The van der Waals surface area contributed by atoms with Crippen LogP contribution in [0.5, 0.6) is 5.75 Å². The highest BCUT2D eigenvalue weighted by molar-refractivity contribution is 6.30. The fraction of sp³-hybridized carbons (Fsp3) is 0.154. The zero-order valence-electron chi connectivity index (χ0n) is 19.7. The SMILES string of the molecule is COc1ccc(F)c(CNc2ncnc3nn(Cc4ccc(Cn5cccc(Cl)c5=O)cc4)cc23)c1F. The highest BCUT2D eigenvalue weighted by Gasteiger charge is 2.16. The van der Waals surface area contributed by atoms with Gasteiger partial charge in [-0.1, -0.05) is 35.9 Å². The van der Waals surface area contributed by atoms with E-state index in [1.807, 2.05) is 24.3 Å². The van der Waals surface area contributed by atoms with E-state index in [0.29, 0.717) is 29.9 Å². The molecule has 37 heavy (non-hydrogen) atoms. The molecule has 0 aliphatic carbocycles. The summed E-state index contributed by atoms with van der Waals surface area (Å²) in [5.41, 5.74) is 1.99. The van der Waals surface area contributed by atoms with E-state index in [1.54, 1.807) is 33.8 Å². The molecule has 0 fully saturated rings. The van der Waals surface area contributed by atoms with Crippen molar-refractivity contribution in [1.29, 1.82) is 0 Å². The molecule has 11 heteroatoms. The number of benzene rings is 2. The van der Waals surface area contributed by atoms with Crippen molar-refractivity contribution in [3.8, 4) is 5.75 Å². The molecule has 0 unspecified atom stereocenters. The molecule has 1 N–H and O–H groups in total. The third-order valence-electron chi connectivity index (χ3n) is 5.86. The number of methoxy groups -OCH3 is 1. The quantitative estimate of drug-likeness (QED) is 0.319. The van der Waals surface area contributed by atoms with Crippen molar-refractivity contribution in [2.24, 2.45) is 0 Å². The molecule has 5 rings (SSSR count). The van der Waals surface area contributed by atoms with Crippen molar-refractivity contribution in [1.82, 2.24) is 24.3 Å². The monoisotopic (exact) mass is 522 g/mol. The van der Waals surface area contributed by atoms with Gasteiger partial charge in [0.2, 0.25) is 0 Å². The molecule has 8 nitrogen and oxygen atoms in total. The molecule has 5 aromatic rings. The molecule has 0 saturated carbocycles. The lowest BCUT2D eigenvalue weighted by Gasteiger charge is -2.10. The largest absolute Gasteiger partial charge is 0.494 e. The van der Waals surface area contributed by atoms with Crippen LogP contribution in [0, 0.1) is 11.6 Å². The van der Waals surface area contributed by atoms with E-state index in [9.17, 15) is 13.6 Å². The number of halogens is 3. The van der Waals surface area contributed by atoms with Crippen LogP contribution in [-0.2, 0) is 19.6 Å². The predicted octanol–water partition coefficient (Wildman–Crippen LogP) is 4.64. The maximum absolute atomic E-state index is 14.5. The van der Waals surface area contributed by atoms with Gasteiger partial charge < -0.3 is 14.6 Å². The Labute approximate surface area is 215 Å². The first-order chi connectivity index (χ1) is 17.9. The van der Waals surface area contributed by atoms with Crippen molar-refractivity contribution in [3.05, 3.63) is 111 Å². The Kier molecular flexibility index (Phi) is 6.82. The van der Waals surface area contributed by atoms with Crippen molar-refractivity contribution >= 4 is 28.5 Å². The van der Waals surface area contributed by atoms with Gasteiger partial charge in [-0.25, -0.2) is 18.7 Å². The number of rotatable bonds is 8. The van der Waals surface area contributed by atoms with E-state index in [0.717, 1.165) is 17.2 Å². The van der Waals surface area contributed by atoms with Crippen LogP contribution in [0.15, 0.2) is 72.0 Å². The second-order valence-corrected chi connectivity index (χ2v) is 8.69. The predicted molar refractivity (Wildman–Crippen MR) is 136 cm³/mol. The third-order valence-corrected chi connectivity index (χ3v) is 6.15. The lowest BCUT2D eigenvalue weighted by Crippen LogP contribution is -2.19. The highest BCUT2D eigenvalue weighted by Crippen LogP contribution is 2.25. The highest BCUT2D eigenvalue weighted by atomic mass is 35.5. The van der Waals surface area contributed by atoms with Crippen LogP contribution in [0.1, 0.15) is 16.7 Å². The molecule has 0 aliphatic heterocycles. The first kappa shape index (κ1) is 24.4. The molecule has 0 atom stereocenters. The number of anilines is 1. The Balaban J connectivity index is 1.31. The number of ether oxygens (including phenoxy) is 1. The first-order valence-corrected chi connectivity index (χ1v) is 11.7. The zero-order chi connectivity index (χ0) is 25.9. The standard InChI is InChI=1S/C26H21ClF2N6O2/c1-37-22-9-8-21(28)18(23(22)29)11-30-24-19-14-35(33-25(19)32-15-31-24)13-17-6-4-16(5-7-17)12-34-10-2-3-20(27)26(34)36/h2-10,14-15H,11-13H2,1H3,(H,30,31,32,33). The van der Waals surface area contributed by atoms with E-state index < -0.39 is 11.6 Å². The van der Waals surface area contributed by atoms with Gasteiger partial charge in [0.25, 0.3) is 5.56 Å². The Morgan fingerprint density at radius 1 is 1.03 bits per heavy atom. The molecular weight excluding hydrogens is 502 g/mol. The minimum Gasteiger partial charge on any atom is -0.494 e. The van der Waals surface area contributed by atoms with Gasteiger partial charge in [0.1, 0.15) is 23.0 Å². The summed E-state index contributed by atoms with van der Waals surface area (Å²) in [6.07, 6.45) is 4.81. The summed E-state index contributed by atoms with van der Waals surface area (Å²) in [7, 11) is 1.32. The summed E-state index contributed by atoms with van der Waals surface area (Å²) >= 11 is 5.92. The average Bonchev–Trinajstić information content (AvgIpc) is 3.31. The molecule has 0 radical (unpaired) electrons. The van der Waals surface area contributed by atoms with Gasteiger partial charge in [-0.15, -0.1) is 0 Å². The van der Waals surface area contributed by atoms with Gasteiger partial charge in [-0.2, -0.15) is 5.10 Å². The molecule has 188 valence electrons. The Morgan fingerprint density at radius 3 is 2.54 bits per heavy atom. The molecule has 2 aromatic carbocycles. The average molecular weight is 523 g/mol. The second-order valence-electron chi connectivity index (χ2n) is 8.29. The van der Waals surface area contributed by atoms with Gasteiger partial charge in [-0.05, 0) is 35.4 Å². The molecule has 3 heterocycles. The lowest BCUT2D eigenvalue weighted by molar-refractivity contribution is 0.381. The van der Waals surface area contributed by atoms with E-state index >= 15 is 0 Å². The summed E-state index contributed by atoms with van der Waals surface area (Å²) < 4.78 is 36.9. The van der Waals surface area contributed by atoms with E-state index in [4.69, 9.17) is 16.3 Å². The Hall–Kier alpha value is -4.31. The molecular formula is C26H21ClF2N6O2. The molecule has 0 spiro atoms. The van der Waals surface area contributed by atoms with E-state index in [-0.39, 0.29) is 28.4 Å². The summed E-state index contributed by atoms with van der Waals surface area (Å²) in [5, 5.41) is 8.27. The van der Waals surface area contributed by atoms with Gasteiger partial charge in [-0.3, -0.25) is 9.48 Å². The smallest absolute Gasteiger partial charge is 0.269 e. The summed E-state index contributed by atoms with van der Waals surface area (Å²) in [6, 6.07) is 13.5. The van der Waals surface area contributed by atoms with Gasteiger partial charge in [0, 0.05) is 24.5 Å². The topological polar surface area (TPSA) is 86.9 Å². The van der Waals surface area contributed by atoms with Crippen molar-refractivity contribution < 1.29 is 13.5 Å². The third kappa shape index (κ3) is 5.14. The van der Waals surface area contributed by atoms with Crippen LogP contribution in [0.4, 0.5) is 14.6 Å². The van der Waals surface area contributed by atoms with Crippen LogP contribution in [-0.4, -0.2) is 31.4 Å². The molecule has 0 aliphatic rings. The summed E-state index contributed by atoms with van der Waals surface area (Å²) in [6.45, 7) is 0.736. The number of hydrogen-bond acceptors (Lipinski definition) is 6. The second kappa shape index (κ2) is 10.4. The molecule has 3 aromatic heterocycles. The van der Waals surface area contributed by atoms with E-state index in [1.165, 1.54) is 19.5 Å². The number of fused-ring (bicyclic) bond motifs is 1. The molecule has 0 amide bonds. The van der Waals surface area contributed by atoms with Gasteiger partial charge in [0.05, 0.1) is 25.6 Å². The van der Waals surface area contributed by atoms with Crippen LogP contribution in [0.3, 0.4) is 0 Å². The zero-order valence-corrected chi connectivity index (χ0v) is 20.4. The minimum absolute atomic E-state index is 0.0375. The maximum Gasteiger partial charge on any atom is 0.269 e. The minimum atomic E-state index is -0.764. The summed E-state index contributed by atoms with van der Waals surface area (Å²) in [4.78, 5) is 20.6. The Bertz CT molecular complexity index is 1640. The number of nitrogens with zero attached hydrogens (tertiary/aromatic N) is 5. The van der Waals surface area contributed by atoms with Crippen LogP contribution in [0.2, 0.25) is 5.02 Å². The number of pyridine rings is 1. The number of aromatic nitrogens is 5. The normalized spacial score (nSPS) is 11.1. The van der Waals surface area contributed by atoms with Crippen molar-refractivity contribution in [2.75, 3.05) is 12.4 Å². The van der Waals surface area contributed by atoms with Crippen molar-refractivity contribution in [3.63, 3.8) is 0 Å². The van der Waals surface area contributed by atoms with Crippen LogP contribution in [0.25, 0.3) is 11.0 Å². The fourth-order valence-electron chi connectivity index (χ4n) is 3.94. The van der Waals surface area contributed by atoms with Crippen LogP contribution >= 0.6 is 11.6 Å². The fourth-order valence-corrected chi connectivity index (χ4v) is 4.12. The van der Waals surface area contributed by atoms with Gasteiger partial charge in [0.15, 0.2) is 17.2 Å². The molecule has 0 bridgehead atoms. The first-order valence-electron chi connectivity index (χ1n) is 11.3. The van der Waals surface area contributed by atoms with Gasteiger partial charge >= 0.3 is 0 Å². The number of hydrogen-bond donors (Lipinski definition) is 1. The maximum atomic E-state index is 14.5. The summed E-state index contributed by atoms with van der Waals surface area (Å²) in [5.74, 6) is -1.08.